The fraction of sp³-hybridized carbons (Fsp3) is 0.455. The second-order valence-corrected chi connectivity index (χ2v) is 8.40. The summed E-state index contributed by atoms with van der Waals surface area (Å²) in [5.74, 6) is -0.872. The molecule has 160 valence electrons. The third-order valence-electron chi connectivity index (χ3n) is 5.96. The quantitative estimate of drug-likeness (QED) is 0.701. The van der Waals surface area contributed by atoms with Gasteiger partial charge in [0.25, 0.3) is 0 Å². The molecule has 0 radical (unpaired) electrons. The summed E-state index contributed by atoms with van der Waals surface area (Å²) in [5.41, 5.74) is 1.17. The molecule has 2 aromatic rings. The van der Waals surface area contributed by atoms with Crippen LogP contribution in [0.2, 0.25) is 0 Å². The molecule has 2 aliphatic rings. The van der Waals surface area contributed by atoms with Crippen LogP contribution in [0.5, 0.6) is 11.5 Å². The lowest BCUT2D eigenvalue weighted by molar-refractivity contribution is 0.0694. The van der Waals surface area contributed by atoms with Gasteiger partial charge in [0, 0.05) is 38.0 Å². The molecule has 0 saturated carbocycles. The second kappa shape index (κ2) is 7.36. The first kappa shape index (κ1) is 20.3. The zero-order chi connectivity index (χ0) is 21.6. The minimum absolute atomic E-state index is 0.0156. The van der Waals surface area contributed by atoms with E-state index in [9.17, 15) is 19.8 Å². The summed E-state index contributed by atoms with van der Waals surface area (Å²) in [6.07, 6.45) is 3.86. The summed E-state index contributed by atoms with van der Waals surface area (Å²) in [5, 5.41) is 22.1. The van der Waals surface area contributed by atoms with Crippen molar-refractivity contribution in [3.63, 3.8) is 0 Å². The van der Waals surface area contributed by atoms with Crippen LogP contribution in [0, 0.1) is 0 Å². The lowest BCUT2D eigenvalue weighted by Gasteiger charge is -2.44. The second-order valence-electron chi connectivity index (χ2n) is 8.40. The fourth-order valence-corrected chi connectivity index (χ4v) is 4.52. The lowest BCUT2D eigenvalue weighted by Crippen LogP contribution is -2.50. The van der Waals surface area contributed by atoms with Crippen LogP contribution < -0.4 is 15.2 Å². The molecule has 1 aromatic carbocycles. The van der Waals surface area contributed by atoms with E-state index in [1.165, 1.54) is 12.3 Å². The number of carbonyl (C=O) groups is 1. The summed E-state index contributed by atoms with van der Waals surface area (Å²) in [6, 6.07) is 4.77. The number of carboxylic acids is 1. The molecule has 0 bridgehead atoms. The van der Waals surface area contributed by atoms with E-state index in [1.807, 2.05) is 6.07 Å². The van der Waals surface area contributed by atoms with Gasteiger partial charge in [-0.3, -0.25) is 14.5 Å². The lowest BCUT2D eigenvalue weighted by atomic mass is 9.93. The Morgan fingerprint density at radius 2 is 2.03 bits per heavy atom. The molecule has 0 amide bonds. The van der Waals surface area contributed by atoms with Gasteiger partial charge in [0.1, 0.15) is 5.56 Å². The predicted molar refractivity (Wildman–Crippen MR) is 111 cm³/mol. The number of phenolic OH excluding ortho intramolecular Hbond substituents is 1. The van der Waals surface area contributed by atoms with E-state index in [1.54, 1.807) is 17.9 Å². The van der Waals surface area contributed by atoms with Crippen molar-refractivity contribution in [3.8, 4) is 22.8 Å². The van der Waals surface area contributed by atoms with Crippen LogP contribution >= 0.6 is 0 Å². The van der Waals surface area contributed by atoms with Crippen molar-refractivity contribution >= 4 is 5.97 Å². The Labute approximate surface area is 174 Å². The van der Waals surface area contributed by atoms with Crippen molar-refractivity contribution < 1.29 is 24.5 Å². The van der Waals surface area contributed by atoms with E-state index < -0.39 is 11.4 Å². The molecule has 4 rings (SSSR count). The zero-order valence-corrected chi connectivity index (χ0v) is 17.3. The molecule has 2 aliphatic heterocycles. The van der Waals surface area contributed by atoms with E-state index in [0.29, 0.717) is 36.6 Å². The Hall–Kier alpha value is -3.00. The number of phenols is 1. The van der Waals surface area contributed by atoms with Gasteiger partial charge in [0.05, 0.1) is 23.9 Å². The van der Waals surface area contributed by atoms with Crippen molar-refractivity contribution in [1.29, 1.82) is 0 Å². The highest BCUT2D eigenvalue weighted by Crippen LogP contribution is 2.50. The van der Waals surface area contributed by atoms with Gasteiger partial charge in [0.15, 0.2) is 16.9 Å². The number of aromatic hydroxyl groups is 1. The first-order valence-corrected chi connectivity index (χ1v) is 10.0. The molecular weight excluding hydrogens is 388 g/mol. The normalized spacial score (nSPS) is 18.5. The third-order valence-corrected chi connectivity index (χ3v) is 5.96. The topological polar surface area (TPSA) is 101 Å². The number of aromatic carboxylic acids is 1. The molecule has 1 saturated heterocycles. The highest BCUT2D eigenvalue weighted by Gasteiger charge is 2.45. The largest absolute Gasteiger partial charge is 0.504 e. The maximum absolute atomic E-state index is 12.4. The summed E-state index contributed by atoms with van der Waals surface area (Å²) in [4.78, 5) is 24.0. The van der Waals surface area contributed by atoms with Crippen LogP contribution in [0.25, 0.3) is 11.3 Å². The molecular formula is C22H26N2O6. The summed E-state index contributed by atoms with van der Waals surface area (Å²) in [6.45, 7) is 5.18. The van der Waals surface area contributed by atoms with Crippen LogP contribution in [0.3, 0.4) is 0 Å². The van der Waals surface area contributed by atoms with Crippen LogP contribution in [0.4, 0.5) is 0 Å². The fourth-order valence-electron chi connectivity index (χ4n) is 4.52. The highest BCUT2D eigenvalue weighted by atomic mass is 16.5. The standard InChI is InChI=1S/C22H26N2O6/c1-22(2)6-5-16-14-10-20(30-8-4-7-29-3)19(26)9-13(14)17-11-18(25)15(21(27)28)12-23(17)24(16)22/h9-12,16,26H,4-8H2,1-3H3,(H,27,28)/t16-/m0/s1. The number of ether oxygens (including phenoxy) is 2. The Kier molecular flexibility index (Phi) is 4.97. The highest BCUT2D eigenvalue weighted by molar-refractivity contribution is 5.88. The molecule has 8 nitrogen and oxygen atoms in total. The molecule has 8 heteroatoms. The number of hydrogen-bond acceptors (Lipinski definition) is 6. The number of methoxy groups -OCH3 is 1. The first-order chi connectivity index (χ1) is 14.2. The SMILES string of the molecule is COCCCOc1cc2c(cc1O)-c1cc(=O)c(C(=O)O)cn1N1[C@H]2CCC1(C)C. The average Bonchev–Trinajstić information content (AvgIpc) is 3.01. The maximum Gasteiger partial charge on any atom is 0.341 e. The van der Waals surface area contributed by atoms with Gasteiger partial charge in [0.2, 0.25) is 0 Å². The Morgan fingerprint density at radius 1 is 1.27 bits per heavy atom. The van der Waals surface area contributed by atoms with Crippen molar-refractivity contribution in [3.05, 3.63) is 45.7 Å². The first-order valence-electron chi connectivity index (χ1n) is 10.0. The van der Waals surface area contributed by atoms with Gasteiger partial charge in [-0.1, -0.05) is 0 Å². The summed E-state index contributed by atoms with van der Waals surface area (Å²) < 4.78 is 12.6. The number of benzene rings is 1. The number of pyridine rings is 1. The van der Waals surface area contributed by atoms with Crippen molar-refractivity contribution in [2.75, 3.05) is 25.3 Å². The number of nitrogens with zero attached hydrogens (tertiary/aromatic N) is 2. The maximum atomic E-state index is 12.4. The van der Waals surface area contributed by atoms with E-state index in [0.717, 1.165) is 18.4 Å². The minimum atomic E-state index is -1.25. The van der Waals surface area contributed by atoms with Crippen LogP contribution in [-0.2, 0) is 4.74 Å². The van der Waals surface area contributed by atoms with E-state index in [-0.39, 0.29) is 22.9 Å². The average molecular weight is 414 g/mol. The smallest absolute Gasteiger partial charge is 0.341 e. The van der Waals surface area contributed by atoms with Crippen molar-refractivity contribution in [2.24, 2.45) is 0 Å². The van der Waals surface area contributed by atoms with Gasteiger partial charge in [-0.25, -0.2) is 4.79 Å². The monoisotopic (exact) mass is 414 g/mol. The van der Waals surface area contributed by atoms with E-state index >= 15 is 0 Å². The summed E-state index contributed by atoms with van der Waals surface area (Å²) >= 11 is 0. The zero-order valence-electron chi connectivity index (χ0n) is 17.3. The van der Waals surface area contributed by atoms with Crippen molar-refractivity contribution in [2.45, 2.75) is 44.7 Å². The number of rotatable bonds is 6. The molecule has 0 unspecified atom stereocenters. The van der Waals surface area contributed by atoms with E-state index in [4.69, 9.17) is 9.47 Å². The minimum Gasteiger partial charge on any atom is -0.504 e. The van der Waals surface area contributed by atoms with Gasteiger partial charge < -0.3 is 19.7 Å². The van der Waals surface area contributed by atoms with E-state index in [2.05, 4.69) is 18.9 Å². The number of aromatic nitrogens is 1. The van der Waals surface area contributed by atoms with Crippen LogP contribution in [0.15, 0.2) is 29.2 Å². The molecule has 0 spiro atoms. The predicted octanol–water partition coefficient (Wildman–Crippen LogP) is 2.90. The molecule has 3 heterocycles. The third kappa shape index (κ3) is 3.21. The Balaban J connectivity index is 1.86. The van der Waals surface area contributed by atoms with Crippen LogP contribution in [0.1, 0.15) is 55.1 Å². The van der Waals surface area contributed by atoms with Crippen LogP contribution in [-0.4, -0.2) is 46.7 Å². The summed E-state index contributed by atoms with van der Waals surface area (Å²) in [7, 11) is 1.63. The van der Waals surface area contributed by atoms with Gasteiger partial charge in [-0.2, -0.15) is 0 Å². The molecule has 1 aromatic heterocycles. The van der Waals surface area contributed by atoms with Gasteiger partial charge in [-0.15, -0.1) is 0 Å². The number of carboxylic acid groups (broad SMARTS) is 1. The Bertz CT molecular complexity index is 1060. The molecule has 1 atom stereocenters. The van der Waals surface area contributed by atoms with Gasteiger partial charge in [-0.05, 0) is 44.4 Å². The van der Waals surface area contributed by atoms with Gasteiger partial charge >= 0.3 is 5.97 Å². The number of hydrogen-bond donors (Lipinski definition) is 2. The number of fused-ring (bicyclic) bond motifs is 6. The molecule has 0 aliphatic carbocycles. The molecule has 1 fully saturated rings. The Morgan fingerprint density at radius 3 is 2.73 bits per heavy atom. The van der Waals surface area contributed by atoms with Crippen molar-refractivity contribution in [1.82, 2.24) is 4.68 Å². The molecule has 30 heavy (non-hydrogen) atoms. The molecule has 2 N–H and O–H groups in total.